The van der Waals surface area contributed by atoms with Gasteiger partial charge in [-0.25, -0.2) is 17.8 Å². The molecule has 0 amide bonds. The first-order valence-electron chi connectivity index (χ1n) is 5.54. The van der Waals surface area contributed by atoms with Crippen LogP contribution in [0.25, 0.3) is 0 Å². The molecule has 0 saturated heterocycles. The van der Waals surface area contributed by atoms with Crippen molar-refractivity contribution in [2.24, 2.45) is 0 Å². The van der Waals surface area contributed by atoms with E-state index < -0.39 is 15.8 Å². The minimum Gasteiger partial charge on any atom is -0.372 e. The fourth-order valence-electron chi connectivity index (χ4n) is 1.57. The van der Waals surface area contributed by atoms with Gasteiger partial charge < -0.3 is 5.32 Å². The fraction of sp³-hybridized carbons (Fsp3) is 0.0833. The van der Waals surface area contributed by atoms with Gasteiger partial charge in [-0.05, 0) is 30.3 Å². The summed E-state index contributed by atoms with van der Waals surface area (Å²) in [6.45, 7) is 0. The molecule has 0 saturated carbocycles. The highest BCUT2D eigenvalue weighted by Gasteiger charge is 2.20. The number of hydrogen-bond acceptors (Lipinski definition) is 4. The summed E-state index contributed by atoms with van der Waals surface area (Å²) in [5.74, 6) is -0.403. The Hall–Kier alpha value is -1.86. The average Bonchev–Trinajstić information content (AvgIpc) is 2.42. The molecule has 1 heterocycles. The Morgan fingerprint density at radius 3 is 2.75 bits per heavy atom. The lowest BCUT2D eigenvalue weighted by atomic mass is 10.3. The molecule has 2 rings (SSSR count). The third kappa shape index (κ3) is 3.00. The standard InChI is InChI=1S/C12H11ClFN3O2S/c1-15-12-11(3-2-6-16-12)20(18,19)17-10-7-8(14)4-5-9(10)13/h2-7,17H,1H3,(H,15,16). The highest BCUT2D eigenvalue weighted by atomic mass is 35.5. The fourth-order valence-corrected chi connectivity index (χ4v) is 3.03. The van der Waals surface area contributed by atoms with Crippen molar-refractivity contribution in [1.29, 1.82) is 0 Å². The lowest BCUT2D eigenvalue weighted by Crippen LogP contribution is -2.15. The molecule has 0 spiro atoms. The molecule has 1 aromatic carbocycles. The van der Waals surface area contributed by atoms with Gasteiger partial charge in [0.25, 0.3) is 10.0 Å². The Labute approximate surface area is 120 Å². The van der Waals surface area contributed by atoms with E-state index in [2.05, 4.69) is 15.0 Å². The number of nitrogens with one attached hydrogen (secondary N) is 2. The molecule has 2 N–H and O–H groups in total. The van der Waals surface area contributed by atoms with Crippen LogP contribution in [0, 0.1) is 5.82 Å². The summed E-state index contributed by atoms with van der Waals surface area (Å²) in [6, 6.07) is 6.30. The van der Waals surface area contributed by atoms with Gasteiger partial charge in [-0.1, -0.05) is 11.6 Å². The van der Waals surface area contributed by atoms with Crippen molar-refractivity contribution in [3.63, 3.8) is 0 Å². The van der Waals surface area contributed by atoms with E-state index in [4.69, 9.17) is 11.6 Å². The van der Waals surface area contributed by atoms with Crippen LogP contribution in [-0.4, -0.2) is 20.4 Å². The quantitative estimate of drug-likeness (QED) is 0.910. The summed E-state index contributed by atoms with van der Waals surface area (Å²) in [6.07, 6.45) is 1.46. The molecule has 0 radical (unpaired) electrons. The van der Waals surface area contributed by atoms with E-state index in [0.717, 1.165) is 12.1 Å². The molecule has 20 heavy (non-hydrogen) atoms. The highest BCUT2D eigenvalue weighted by Crippen LogP contribution is 2.27. The average molecular weight is 316 g/mol. The third-order valence-electron chi connectivity index (χ3n) is 2.47. The Balaban J connectivity index is 2.43. The second-order valence-corrected chi connectivity index (χ2v) is 5.89. The lowest BCUT2D eigenvalue weighted by Gasteiger charge is -2.12. The van der Waals surface area contributed by atoms with E-state index in [1.54, 1.807) is 7.05 Å². The van der Waals surface area contributed by atoms with Crippen LogP contribution < -0.4 is 10.0 Å². The van der Waals surface area contributed by atoms with Crippen molar-refractivity contribution < 1.29 is 12.8 Å². The Morgan fingerprint density at radius 2 is 2.05 bits per heavy atom. The molecule has 0 fully saturated rings. The zero-order chi connectivity index (χ0) is 14.8. The zero-order valence-corrected chi connectivity index (χ0v) is 12.0. The Morgan fingerprint density at radius 1 is 1.30 bits per heavy atom. The summed E-state index contributed by atoms with van der Waals surface area (Å²) in [4.78, 5) is 3.85. The SMILES string of the molecule is CNc1ncccc1S(=O)(=O)Nc1cc(F)ccc1Cl. The van der Waals surface area contributed by atoms with Crippen molar-refractivity contribution >= 4 is 33.1 Å². The van der Waals surface area contributed by atoms with Crippen molar-refractivity contribution in [3.8, 4) is 0 Å². The minimum absolute atomic E-state index is 0.0300. The van der Waals surface area contributed by atoms with Crippen LogP contribution in [0.3, 0.4) is 0 Å². The smallest absolute Gasteiger partial charge is 0.265 e. The van der Waals surface area contributed by atoms with Crippen molar-refractivity contribution in [3.05, 3.63) is 47.4 Å². The van der Waals surface area contributed by atoms with Crippen LogP contribution in [0.1, 0.15) is 0 Å². The van der Waals surface area contributed by atoms with E-state index in [1.807, 2.05) is 0 Å². The number of nitrogens with zero attached hydrogens (tertiary/aromatic N) is 1. The Bertz CT molecular complexity index is 737. The first-order valence-corrected chi connectivity index (χ1v) is 7.41. The first kappa shape index (κ1) is 14.5. The van der Waals surface area contributed by atoms with Gasteiger partial charge in [-0.3, -0.25) is 4.72 Å². The molecule has 8 heteroatoms. The molecule has 0 aliphatic rings. The molecule has 0 aliphatic heterocycles. The summed E-state index contributed by atoms with van der Waals surface area (Å²) in [7, 11) is -2.37. The maximum absolute atomic E-state index is 13.2. The normalized spacial score (nSPS) is 11.2. The van der Waals surface area contributed by atoms with Gasteiger partial charge in [0.05, 0.1) is 10.7 Å². The molecule has 1 aromatic heterocycles. The van der Waals surface area contributed by atoms with Crippen molar-refractivity contribution in [1.82, 2.24) is 4.98 Å². The van der Waals surface area contributed by atoms with Crippen LogP contribution in [0.2, 0.25) is 5.02 Å². The van der Waals surface area contributed by atoms with Crippen LogP contribution in [0.4, 0.5) is 15.9 Å². The van der Waals surface area contributed by atoms with E-state index >= 15 is 0 Å². The van der Waals surface area contributed by atoms with Gasteiger partial charge in [0.15, 0.2) is 0 Å². The number of rotatable bonds is 4. The molecule has 0 bridgehead atoms. The van der Waals surface area contributed by atoms with Gasteiger partial charge >= 0.3 is 0 Å². The second-order valence-electron chi connectivity index (χ2n) is 3.83. The molecule has 0 unspecified atom stereocenters. The highest BCUT2D eigenvalue weighted by molar-refractivity contribution is 7.92. The number of pyridine rings is 1. The molecule has 0 aliphatic carbocycles. The van der Waals surface area contributed by atoms with Crippen molar-refractivity contribution in [2.45, 2.75) is 4.90 Å². The largest absolute Gasteiger partial charge is 0.372 e. The number of anilines is 2. The summed E-state index contributed by atoms with van der Waals surface area (Å²) < 4.78 is 39.9. The van der Waals surface area contributed by atoms with Gasteiger partial charge in [0.1, 0.15) is 16.5 Å². The molecular formula is C12H11ClFN3O2S. The number of benzene rings is 1. The van der Waals surface area contributed by atoms with Crippen LogP contribution in [0.15, 0.2) is 41.4 Å². The van der Waals surface area contributed by atoms with Gasteiger partial charge in [0, 0.05) is 13.2 Å². The number of sulfonamides is 1. The molecule has 106 valence electrons. The Kier molecular flexibility index (Phi) is 4.10. The van der Waals surface area contributed by atoms with Crippen LogP contribution in [0.5, 0.6) is 0 Å². The first-order chi connectivity index (χ1) is 9.44. The lowest BCUT2D eigenvalue weighted by molar-refractivity contribution is 0.601. The van der Waals surface area contributed by atoms with E-state index in [0.29, 0.717) is 0 Å². The number of halogens is 2. The van der Waals surface area contributed by atoms with E-state index in [-0.39, 0.29) is 21.4 Å². The minimum atomic E-state index is -3.92. The van der Waals surface area contributed by atoms with Gasteiger partial charge in [-0.2, -0.15) is 0 Å². The van der Waals surface area contributed by atoms with Crippen LogP contribution in [-0.2, 0) is 10.0 Å². The predicted molar refractivity (Wildman–Crippen MR) is 76.0 cm³/mol. The summed E-state index contributed by atoms with van der Waals surface area (Å²) >= 11 is 5.84. The summed E-state index contributed by atoms with van der Waals surface area (Å²) in [5.41, 5.74) is -0.0300. The maximum atomic E-state index is 13.2. The third-order valence-corrected chi connectivity index (χ3v) is 4.20. The monoisotopic (exact) mass is 315 g/mol. The van der Waals surface area contributed by atoms with Crippen molar-refractivity contribution in [2.75, 3.05) is 17.1 Å². The van der Waals surface area contributed by atoms with Gasteiger partial charge in [0.2, 0.25) is 0 Å². The predicted octanol–water partition coefficient (Wildman–Crippen LogP) is 2.72. The molecule has 2 aromatic rings. The molecule has 5 nitrogen and oxygen atoms in total. The van der Waals surface area contributed by atoms with E-state index in [1.165, 1.54) is 24.4 Å². The van der Waals surface area contributed by atoms with Gasteiger partial charge in [-0.15, -0.1) is 0 Å². The molecular weight excluding hydrogens is 305 g/mol. The summed E-state index contributed by atoms with van der Waals surface area (Å²) in [5, 5.41) is 2.78. The van der Waals surface area contributed by atoms with E-state index in [9.17, 15) is 12.8 Å². The maximum Gasteiger partial charge on any atom is 0.265 e. The number of hydrogen-bond donors (Lipinski definition) is 2. The second kappa shape index (κ2) is 5.64. The molecule has 0 atom stereocenters. The zero-order valence-electron chi connectivity index (χ0n) is 10.4. The number of aromatic nitrogens is 1. The van der Waals surface area contributed by atoms with Crippen LogP contribution >= 0.6 is 11.6 Å². The topological polar surface area (TPSA) is 71.1 Å².